The van der Waals surface area contributed by atoms with Crippen LogP contribution in [-0.2, 0) is 20.6 Å². The fourth-order valence-electron chi connectivity index (χ4n) is 2.83. The topological polar surface area (TPSA) is 114 Å². The first-order chi connectivity index (χ1) is 13.2. The minimum atomic E-state index is -1.01. The first-order valence-corrected chi connectivity index (χ1v) is 9.13. The lowest BCUT2D eigenvalue weighted by Crippen LogP contribution is -2.37. The number of anilines is 1. The normalized spacial score (nSPS) is 12.5. The van der Waals surface area contributed by atoms with Crippen molar-refractivity contribution < 1.29 is 10.2 Å². The van der Waals surface area contributed by atoms with Gasteiger partial charge in [-0.15, -0.1) is 0 Å². The third kappa shape index (κ3) is 3.66. The summed E-state index contributed by atoms with van der Waals surface area (Å²) >= 11 is 12.1. The number of nitrogens with zero attached hydrogens (tertiary/aromatic N) is 4. The quantitative estimate of drug-likeness (QED) is 0.529. The zero-order valence-electron chi connectivity index (χ0n) is 15.2. The average Bonchev–Trinajstić information content (AvgIpc) is 3.04. The van der Waals surface area contributed by atoms with Crippen molar-refractivity contribution in [1.29, 1.82) is 0 Å². The summed E-state index contributed by atoms with van der Waals surface area (Å²) in [6.07, 6.45) is -1.01. The monoisotopic (exact) mass is 427 g/mol. The lowest BCUT2D eigenvalue weighted by atomic mass is 10.2. The van der Waals surface area contributed by atoms with Gasteiger partial charge in [-0.1, -0.05) is 29.3 Å². The number of hydrogen-bond donors (Lipinski definition) is 3. The molecular formula is C17H19Cl2N5O4. The number of nitrogens with one attached hydrogen (secondary N) is 1. The van der Waals surface area contributed by atoms with Crippen LogP contribution in [0, 0.1) is 0 Å². The third-order valence-corrected chi connectivity index (χ3v) is 5.12. The number of aryl methyl sites for hydroxylation is 1. The Morgan fingerprint density at radius 2 is 1.89 bits per heavy atom. The second kappa shape index (κ2) is 7.96. The number of benzene rings is 1. The smallest absolute Gasteiger partial charge is 0.332 e. The molecule has 0 aliphatic rings. The Kier molecular flexibility index (Phi) is 5.80. The molecule has 0 unspecified atom stereocenters. The van der Waals surface area contributed by atoms with E-state index < -0.39 is 24.0 Å². The van der Waals surface area contributed by atoms with Gasteiger partial charge in [0.15, 0.2) is 11.2 Å². The van der Waals surface area contributed by atoms with E-state index in [1.807, 2.05) is 0 Å². The third-order valence-electron chi connectivity index (χ3n) is 4.38. The molecule has 2 heterocycles. The van der Waals surface area contributed by atoms with E-state index in [1.54, 1.807) is 22.8 Å². The van der Waals surface area contributed by atoms with E-state index in [0.29, 0.717) is 10.0 Å². The Morgan fingerprint density at radius 1 is 1.18 bits per heavy atom. The summed E-state index contributed by atoms with van der Waals surface area (Å²) < 4.78 is 3.87. The highest BCUT2D eigenvalue weighted by Crippen LogP contribution is 2.24. The molecule has 0 saturated carbocycles. The molecule has 0 amide bonds. The Bertz CT molecular complexity index is 1150. The van der Waals surface area contributed by atoms with E-state index in [1.165, 1.54) is 18.7 Å². The molecule has 0 aliphatic heterocycles. The Morgan fingerprint density at radius 3 is 2.54 bits per heavy atom. The molecule has 0 fully saturated rings. The van der Waals surface area contributed by atoms with Crippen LogP contribution in [0.15, 0.2) is 27.8 Å². The molecule has 0 bridgehead atoms. The summed E-state index contributed by atoms with van der Waals surface area (Å²) in [7, 11) is 2.91. The van der Waals surface area contributed by atoms with Gasteiger partial charge in [0.1, 0.15) is 0 Å². The van der Waals surface area contributed by atoms with Crippen LogP contribution in [0.3, 0.4) is 0 Å². The zero-order valence-corrected chi connectivity index (χ0v) is 16.7. The summed E-state index contributed by atoms with van der Waals surface area (Å²) in [5.74, 6) is 0.270. The summed E-state index contributed by atoms with van der Waals surface area (Å²) in [4.78, 5) is 29.4. The van der Waals surface area contributed by atoms with Crippen LogP contribution < -0.4 is 16.6 Å². The highest BCUT2D eigenvalue weighted by Gasteiger charge is 2.20. The molecule has 9 nitrogen and oxygen atoms in total. The maximum Gasteiger partial charge on any atom is 0.332 e. The molecule has 0 radical (unpaired) electrons. The fourth-order valence-corrected chi connectivity index (χ4v) is 3.15. The molecule has 2 aromatic heterocycles. The predicted octanol–water partition coefficient (Wildman–Crippen LogP) is 0.554. The van der Waals surface area contributed by atoms with E-state index in [-0.39, 0.29) is 30.2 Å². The fraction of sp³-hybridized carbons (Fsp3) is 0.353. The van der Waals surface area contributed by atoms with E-state index in [9.17, 15) is 14.7 Å². The average molecular weight is 428 g/mol. The van der Waals surface area contributed by atoms with Crippen LogP contribution in [0.4, 0.5) is 5.95 Å². The molecule has 0 saturated heterocycles. The van der Waals surface area contributed by atoms with Gasteiger partial charge in [-0.05, 0) is 17.7 Å². The molecule has 3 N–H and O–H groups in total. The Labute approximate surface area is 169 Å². The van der Waals surface area contributed by atoms with Gasteiger partial charge < -0.3 is 15.5 Å². The number of hydrogen-bond acceptors (Lipinski definition) is 6. The number of fused-ring (bicyclic) bond motifs is 1. The van der Waals surface area contributed by atoms with E-state index in [2.05, 4.69) is 10.3 Å². The van der Waals surface area contributed by atoms with Gasteiger partial charge in [0.2, 0.25) is 5.95 Å². The summed E-state index contributed by atoms with van der Waals surface area (Å²) in [6, 6.07) is 5.09. The lowest BCUT2D eigenvalue weighted by Gasteiger charge is -2.13. The first-order valence-electron chi connectivity index (χ1n) is 8.37. The number of aliphatic hydroxyl groups is 2. The Balaban J connectivity index is 2.19. The van der Waals surface area contributed by atoms with Gasteiger partial charge in [0, 0.05) is 20.6 Å². The summed E-state index contributed by atoms with van der Waals surface area (Å²) in [5.41, 5.74) is 0.182. The van der Waals surface area contributed by atoms with Crippen LogP contribution in [0.5, 0.6) is 0 Å². The highest BCUT2D eigenvalue weighted by atomic mass is 35.5. The Hall–Kier alpha value is -2.33. The van der Waals surface area contributed by atoms with Gasteiger partial charge in [0.25, 0.3) is 5.56 Å². The van der Waals surface area contributed by atoms with Crippen LogP contribution in [0.2, 0.25) is 10.0 Å². The molecule has 1 atom stereocenters. The number of aromatic nitrogens is 4. The molecule has 1 aromatic carbocycles. The van der Waals surface area contributed by atoms with Gasteiger partial charge >= 0.3 is 5.69 Å². The molecule has 11 heteroatoms. The molecule has 150 valence electrons. The standard InChI is InChI=1S/C17H19Cl2N5O4/c1-22-14-13(15(27)23(2)17(22)28)24(16(21-14)20-6-10(26)8-25)7-9-3-4-11(18)12(19)5-9/h3-5,10,25-26H,6-8H2,1-2H3,(H,20,21)/t10-/m0/s1. The molecule has 3 aromatic rings. The minimum absolute atomic E-state index is 0.00938. The predicted molar refractivity (Wildman–Crippen MR) is 107 cm³/mol. The maximum absolute atomic E-state index is 12.8. The van der Waals surface area contributed by atoms with Crippen LogP contribution in [0.25, 0.3) is 11.2 Å². The zero-order chi connectivity index (χ0) is 20.6. The number of imidazole rings is 1. The summed E-state index contributed by atoms with van der Waals surface area (Å²) in [6.45, 7) is -0.200. The van der Waals surface area contributed by atoms with Crippen molar-refractivity contribution >= 4 is 40.3 Å². The number of halogens is 2. The molecule has 0 aliphatic carbocycles. The van der Waals surface area contributed by atoms with Crippen molar-refractivity contribution in [2.24, 2.45) is 14.1 Å². The number of aliphatic hydroxyl groups excluding tert-OH is 2. The van der Waals surface area contributed by atoms with Crippen molar-refractivity contribution in [3.8, 4) is 0 Å². The van der Waals surface area contributed by atoms with Crippen LogP contribution in [-0.4, -0.2) is 48.2 Å². The van der Waals surface area contributed by atoms with Crippen molar-refractivity contribution in [1.82, 2.24) is 18.7 Å². The van der Waals surface area contributed by atoms with E-state index in [0.717, 1.165) is 10.1 Å². The van der Waals surface area contributed by atoms with Gasteiger partial charge in [-0.3, -0.25) is 18.5 Å². The van der Waals surface area contributed by atoms with Crippen molar-refractivity contribution in [2.75, 3.05) is 18.5 Å². The molecule has 28 heavy (non-hydrogen) atoms. The minimum Gasteiger partial charge on any atom is -0.394 e. The van der Waals surface area contributed by atoms with Gasteiger partial charge in [-0.2, -0.15) is 4.98 Å². The second-order valence-corrected chi connectivity index (χ2v) is 7.18. The van der Waals surface area contributed by atoms with Crippen molar-refractivity contribution in [2.45, 2.75) is 12.6 Å². The van der Waals surface area contributed by atoms with E-state index in [4.69, 9.17) is 28.3 Å². The maximum atomic E-state index is 12.8. The lowest BCUT2D eigenvalue weighted by molar-refractivity contribution is 0.105. The molecule has 0 spiro atoms. The summed E-state index contributed by atoms with van der Waals surface area (Å²) in [5, 5.41) is 22.4. The number of rotatable bonds is 6. The van der Waals surface area contributed by atoms with Crippen molar-refractivity contribution in [3.63, 3.8) is 0 Å². The SMILES string of the molecule is Cn1c(=O)c2c(nc(NC[C@H](O)CO)n2Cc2ccc(Cl)c(Cl)c2)n(C)c1=O. The van der Waals surface area contributed by atoms with Crippen LogP contribution in [0.1, 0.15) is 5.56 Å². The van der Waals surface area contributed by atoms with E-state index >= 15 is 0 Å². The molecular weight excluding hydrogens is 409 g/mol. The van der Waals surface area contributed by atoms with Gasteiger partial charge in [-0.25, -0.2) is 4.79 Å². The van der Waals surface area contributed by atoms with Crippen molar-refractivity contribution in [3.05, 3.63) is 54.6 Å². The molecule has 3 rings (SSSR count). The highest BCUT2D eigenvalue weighted by molar-refractivity contribution is 6.42. The van der Waals surface area contributed by atoms with Crippen LogP contribution >= 0.6 is 23.2 Å². The largest absolute Gasteiger partial charge is 0.394 e. The first kappa shape index (κ1) is 20.4. The van der Waals surface area contributed by atoms with Gasteiger partial charge in [0.05, 0.1) is 29.3 Å². The second-order valence-electron chi connectivity index (χ2n) is 6.37.